The number of nitrogens with zero attached hydrogens (tertiary/aromatic N) is 1. The van der Waals surface area contributed by atoms with Crippen molar-refractivity contribution in [1.29, 1.82) is 0 Å². The molecule has 0 spiro atoms. The lowest BCUT2D eigenvalue weighted by molar-refractivity contribution is 0.0950. The maximum absolute atomic E-state index is 12.7. The summed E-state index contributed by atoms with van der Waals surface area (Å²) in [5.41, 5.74) is 2.58. The summed E-state index contributed by atoms with van der Waals surface area (Å²) in [4.78, 5) is 16.7. The first-order valence-electron chi connectivity index (χ1n) is 8.60. The molecule has 0 aliphatic carbocycles. The quantitative estimate of drug-likeness (QED) is 0.662. The van der Waals surface area contributed by atoms with Gasteiger partial charge in [-0.15, -0.1) is 0 Å². The first-order chi connectivity index (χ1) is 13.3. The zero-order valence-corrected chi connectivity index (χ0v) is 16.8. The highest BCUT2D eigenvalue weighted by atomic mass is 35.5. The first-order valence-corrected chi connectivity index (χ1v) is 10.6. The Morgan fingerprint density at radius 2 is 1.86 bits per heavy atom. The van der Waals surface area contributed by atoms with Crippen LogP contribution in [-0.4, -0.2) is 19.3 Å². The molecule has 0 saturated heterocycles. The third kappa shape index (κ3) is 4.97. The van der Waals surface area contributed by atoms with E-state index in [1.54, 1.807) is 54.9 Å². The lowest BCUT2D eigenvalue weighted by Gasteiger charge is -2.10. The fraction of sp³-hybridized carbons (Fsp3) is 0.143. The molecule has 0 unspecified atom stereocenters. The molecule has 0 fully saturated rings. The second-order valence-electron chi connectivity index (χ2n) is 6.42. The Labute approximate surface area is 169 Å². The van der Waals surface area contributed by atoms with Crippen LogP contribution in [0.4, 0.5) is 0 Å². The van der Waals surface area contributed by atoms with Gasteiger partial charge in [0.2, 0.25) is 0 Å². The number of nitrogens with one attached hydrogen (secondary N) is 1. The highest BCUT2D eigenvalue weighted by Crippen LogP contribution is 2.24. The van der Waals surface area contributed by atoms with Crippen molar-refractivity contribution in [2.45, 2.75) is 24.1 Å². The van der Waals surface area contributed by atoms with E-state index in [2.05, 4.69) is 10.3 Å². The molecule has 3 rings (SSSR count). The number of carbonyl (C=O) groups excluding carboxylic acids is 1. The molecule has 0 aliphatic heterocycles. The Morgan fingerprint density at radius 1 is 1.11 bits per heavy atom. The molecule has 1 aromatic heterocycles. The van der Waals surface area contributed by atoms with Crippen LogP contribution in [0.2, 0.25) is 5.02 Å². The minimum atomic E-state index is -3.57. The van der Waals surface area contributed by atoms with Gasteiger partial charge in [0.1, 0.15) is 0 Å². The van der Waals surface area contributed by atoms with E-state index in [1.165, 1.54) is 6.07 Å². The molecule has 0 saturated carbocycles. The second-order valence-corrected chi connectivity index (χ2v) is 8.82. The predicted octanol–water partition coefficient (Wildman–Crippen LogP) is 3.95. The molecule has 1 heterocycles. The van der Waals surface area contributed by atoms with Crippen LogP contribution in [0.3, 0.4) is 0 Å². The van der Waals surface area contributed by atoms with E-state index in [4.69, 9.17) is 11.6 Å². The van der Waals surface area contributed by atoms with Crippen molar-refractivity contribution in [3.8, 4) is 0 Å². The average Bonchev–Trinajstić information content (AvgIpc) is 2.69. The zero-order chi connectivity index (χ0) is 20.1. The van der Waals surface area contributed by atoms with Crippen molar-refractivity contribution < 1.29 is 13.2 Å². The normalized spacial score (nSPS) is 11.2. The fourth-order valence-electron chi connectivity index (χ4n) is 2.65. The Balaban J connectivity index is 1.77. The van der Waals surface area contributed by atoms with Gasteiger partial charge < -0.3 is 5.32 Å². The molecule has 0 radical (unpaired) electrons. The third-order valence-electron chi connectivity index (χ3n) is 4.21. The van der Waals surface area contributed by atoms with Crippen LogP contribution in [0.1, 0.15) is 27.0 Å². The Morgan fingerprint density at radius 3 is 2.54 bits per heavy atom. The van der Waals surface area contributed by atoms with E-state index in [-0.39, 0.29) is 16.6 Å². The SMILES string of the molecule is Cc1ccc(S(=O)(=O)Cc2cc(C(=O)NCc3cccnc3)ccc2Cl)cc1. The summed E-state index contributed by atoms with van der Waals surface area (Å²) in [5, 5.41) is 3.10. The van der Waals surface area contributed by atoms with Crippen LogP contribution in [0.5, 0.6) is 0 Å². The Bertz CT molecular complexity index is 1080. The van der Waals surface area contributed by atoms with E-state index in [0.717, 1.165) is 11.1 Å². The number of hydrogen-bond donors (Lipinski definition) is 1. The molecular formula is C21H19ClN2O3S. The monoisotopic (exact) mass is 414 g/mol. The topological polar surface area (TPSA) is 76.1 Å². The summed E-state index contributed by atoms with van der Waals surface area (Å²) < 4.78 is 25.4. The van der Waals surface area contributed by atoms with Crippen molar-refractivity contribution in [1.82, 2.24) is 10.3 Å². The third-order valence-corrected chi connectivity index (χ3v) is 6.26. The molecular weight excluding hydrogens is 396 g/mol. The molecule has 0 aliphatic rings. The van der Waals surface area contributed by atoms with Gasteiger partial charge in [0.15, 0.2) is 9.84 Å². The van der Waals surface area contributed by atoms with Crippen LogP contribution >= 0.6 is 11.6 Å². The molecule has 7 heteroatoms. The van der Waals surface area contributed by atoms with Gasteiger partial charge in [-0.2, -0.15) is 0 Å². The van der Waals surface area contributed by atoms with E-state index in [0.29, 0.717) is 22.7 Å². The molecule has 1 N–H and O–H groups in total. The second kappa shape index (κ2) is 8.54. The van der Waals surface area contributed by atoms with Gasteiger partial charge in [-0.25, -0.2) is 8.42 Å². The predicted molar refractivity (Wildman–Crippen MR) is 109 cm³/mol. The summed E-state index contributed by atoms with van der Waals surface area (Å²) in [6, 6.07) is 14.9. The lowest BCUT2D eigenvalue weighted by atomic mass is 10.1. The standard InChI is InChI=1S/C21H19ClN2O3S/c1-15-4-7-19(8-5-15)28(26,27)14-18-11-17(6-9-20(18)22)21(25)24-13-16-3-2-10-23-12-16/h2-12H,13-14H2,1H3,(H,24,25). The minimum Gasteiger partial charge on any atom is -0.348 e. The number of carbonyl (C=O) groups is 1. The van der Waals surface area contributed by atoms with Crippen molar-refractivity contribution in [3.63, 3.8) is 0 Å². The van der Waals surface area contributed by atoms with Gasteiger partial charge in [-0.3, -0.25) is 9.78 Å². The smallest absolute Gasteiger partial charge is 0.251 e. The van der Waals surface area contributed by atoms with E-state index in [9.17, 15) is 13.2 Å². The van der Waals surface area contributed by atoms with Crippen LogP contribution in [-0.2, 0) is 22.1 Å². The van der Waals surface area contributed by atoms with Crippen molar-refractivity contribution in [2.24, 2.45) is 0 Å². The number of pyridine rings is 1. The Hall–Kier alpha value is -2.70. The molecule has 3 aromatic rings. The number of halogens is 1. The highest BCUT2D eigenvalue weighted by Gasteiger charge is 2.18. The first kappa shape index (κ1) is 20.0. The summed E-state index contributed by atoms with van der Waals surface area (Å²) in [6.07, 6.45) is 3.33. The van der Waals surface area contributed by atoms with Gasteiger partial charge in [0.05, 0.1) is 10.6 Å². The van der Waals surface area contributed by atoms with Crippen molar-refractivity contribution in [2.75, 3.05) is 0 Å². The largest absolute Gasteiger partial charge is 0.348 e. The summed E-state index contributed by atoms with van der Waals surface area (Å²) >= 11 is 6.19. The molecule has 144 valence electrons. The number of amides is 1. The average molecular weight is 415 g/mol. The Kier molecular flexibility index (Phi) is 6.11. The van der Waals surface area contributed by atoms with Gasteiger partial charge >= 0.3 is 0 Å². The zero-order valence-electron chi connectivity index (χ0n) is 15.2. The molecule has 0 bridgehead atoms. The van der Waals surface area contributed by atoms with Crippen molar-refractivity contribution in [3.05, 3.63) is 94.3 Å². The molecule has 1 amide bonds. The molecule has 0 atom stereocenters. The molecule has 5 nitrogen and oxygen atoms in total. The number of rotatable bonds is 6. The fourth-order valence-corrected chi connectivity index (χ4v) is 4.28. The number of hydrogen-bond acceptors (Lipinski definition) is 4. The van der Waals surface area contributed by atoms with Crippen LogP contribution < -0.4 is 5.32 Å². The van der Waals surface area contributed by atoms with Gasteiger partial charge in [-0.1, -0.05) is 35.4 Å². The van der Waals surface area contributed by atoms with Crippen LogP contribution in [0.15, 0.2) is 71.9 Å². The van der Waals surface area contributed by atoms with Gasteiger partial charge in [0, 0.05) is 29.5 Å². The molecule has 28 heavy (non-hydrogen) atoms. The number of sulfone groups is 1. The van der Waals surface area contributed by atoms with E-state index in [1.807, 2.05) is 13.0 Å². The maximum atomic E-state index is 12.7. The van der Waals surface area contributed by atoms with E-state index >= 15 is 0 Å². The minimum absolute atomic E-state index is 0.223. The maximum Gasteiger partial charge on any atom is 0.251 e. The lowest BCUT2D eigenvalue weighted by Crippen LogP contribution is -2.23. The number of benzene rings is 2. The van der Waals surface area contributed by atoms with Crippen LogP contribution in [0.25, 0.3) is 0 Å². The van der Waals surface area contributed by atoms with Crippen molar-refractivity contribution >= 4 is 27.3 Å². The molecule has 2 aromatic carbocycles. The van der Waals surface area contributed by atoms with Crippen LogP contribution in [0, 0.1) is 6.92 Å². The van der Waals surface area contributed by atoms with Gasteiger partial charge in [-0.05, 0) is 54.4 Å². The van der Waals surface area contributed by atoms with E-state index < -0.39 is 9.84 Å². The summed E-state index contributed by atoms with van der Waals surface area (Å²) in [7, 11) is -3.57. The highest BCUT2D eigenvalue weighted by molar-refractivity contribution is 7.90. The number of aryl methyl sites for hydroxylation is 1. The number of aromatic nitrogens is 1. The van der Waals surface area contributed by atoms with Gasteiger partial charge in [0.25, 0.3) is 5.91 Å². The summed E-state index contributed by atoms with van der Waals surface area (Å²) in [5.74, 6) is -0.590. The summed E-state index contributed by atoms with van der Waals surface area (Å²) in [6.45, 7) is 2.22.